The van der Waals surface area contributed by atoms with Crippen LogP contribution in [-0.4, -0.2) is 43.7 Å². The Labute approximate surface area is 168 Å². The van der Waals surface area contributed by atoms with E-state index in [0.717, 1.165) is 55.1 Å². The van der Waals surface area contributed by atoms with Crippen LogP contribution in [0, 0.1) is 0 Å². The fourth-order valence-corrected chi connectivity index (χ4v) is 5.66. The van der Waals surface area contributed by atoms with Gasteiger partial charge in [-0.2, -0.15) is 0 Å². The van der Waals surface area contributed by atoms with E-state index >= 15 is 0 Å². The number of likely N-dealkylation sites (tertiary alicyclic amines) is 1. The van der Waals surface area contributed by atoms with Gasteiger partial charge in [-0.25, -0.2) is 0 Å². The van der Waals surface area contributed by atoms with E-state index in [4.69, 9.17) is 0 Å². The molecule has 0 aromatic carbocycles. The number of amides is 1. The topological polar surface area (TPSA) is 50.5 Å². The molecule has 1 unspecified atom stereocenters. The Hall–Kier alpha value is -1.60. The van der Waals surface area contributed by atoms with Gasteiger partial charge < -0.3 is 4.90 Å². The Kier molecular flexibility index (Phi) is 5.68. The summed E-state index contributed by atoms with van der Waals surface area (Å²) in [7, 11) is 0. The smallest absolute Gasteiger partial charge is 0.236 e. The Bertz CT molecular complexity index is 940. The Morgan fingerprint density at radius 2 is 1.96 bits per heavy atom. The predicted octanol–water partition coefficient (Wildman–Crippen LogP) is 4.78. The number of rotatable bonds is 5. The lowest BCUT2D eigenvalue weighted by atomic mass is 10.2. The van der Waals surface area contributed by atoms with E-state index in [0.29, 0.717) is 0 Å². The zero-order chi connectivity index (χ0) is 18.8. The summed E-state index contributed by atoms with van der Waals surface area (Å²) in [5.74, 6) is 1.23. The fraction of sp³-hybridized carbons (Fsp3) is 0.550. The van der Waals surface area contributed by atoms with Crippen molar-refractivity contribution in [1.82, 2.24) is 19.5 Å². The zero-order valence-corrected chi connectivity index (χ0v) is 17.6. The first kappa shape index (κ1) is 18.7. The maximum Gasteiger partial charge on any atom is 0.236 e. The van der Waals surface area contributed by atoms with Crippen LogP contribution >= 0.6 is 23.1 Å². The van der Waals surface area contributed by atoms with E-state index in [-0.39, 0.29) is 11.2 Å². The van der Waals surface area contributed by atoms with Crippen molar-refractivity contribution in [2.75, 3.05) is 13.1 Å². The van der Waals surface area contributed by atoms with Crippen LogP contribution < -0.4 is 0 Å². The van der Waals surface area contributed by atoms with E-state index in [1.807, 2.05) is 0 Å². The minimum atomic E-state index is -0.0957. The quantitative estimate of drug-likeness (QED) is 0.576. The third-order valence-electron chi connectivity index (χ3n) is 5.29. The molecule has 4 heterocycles. The number of aryl methyl sites for hydroxylation is 1. The van der Waals surface area contributed by atoms with Crippen LogP contribution in [0.2, 0.25) is 0 Å². The van der Waals surface area contributed by atoms with Gasteiger partial charge in [-0.15, -0.1) is 21.5 Å². The van der Waals surface area contributed by atoms with Crippen molar-refractivity contribution in [2.45, 2.75) is 62.6 Å². The molecule has 5 nitrogen and oxygen atoms in total. The highest BCUT2D eigenvalue weighted by Gasteiger charge is 2.26. The predicted molar refractivity (Wildman–Crippen MR) is 113 cm³/mol. The summed E-state index contributed by atoms with van der Waals surface area (Å²) >= 11 is 3.32. The van der Waals surface area contributed by atoms with Crippen molar-refractivity contribution in [3.8, 4) is 0 Å². The number of thioether (sulfide) groups is 1. The third-order valence-corrected chi connectivity index (χ3v) is 7.48. The Morgan fingerprint density at radius 3 is 2.67 bits per heavy atom. The van der Waals surface area contributed by atoms with Gasteiger partial charge >= 0.3 is 0 Å². The molecule has 1 saturated heterocycles. The molecular formula is C20H26N4OS2. The second-order valence-electron chi connectivity index (χ2n) is 7.06. The van der Waals surface area contributed by atoms with Crippen molar-refractivity contribution in [1.29, 1.82) is 0 Å². The zero-order valence-electron chi connectivity index (χ0n) is 16.0. The SMILES string of the molecule is CCc1nnc(SC(CC)C(=O)N2CCCCCC2)c2cc3sccc3n12. The summed E-state index contributed by atoms with van der Waals surface area (Å²) < 4.78 is 3.46. The minimum Gasteiger partial charge on any atom is -0.342 e. The molecule has 1 amide bonds. The molecule has 144 valence electrons. The van der Waals surface area contributed by atoms with Crippen molar-refractivity contribution in [3.05, 3.63) is 23.3 Å². The number of fused-ring (bicyclic) bond motifs is 3. The number of hydrogen-bond acceptors (Lipinski definition) is 5. The summed E-state index contributed by atoms with van der Waals surface area (Å²) in [4.78, 5) is 15.2. The lowest BCUT2D eigenvalue weighted by Gasteiger charge is -2.25. The van der Waals surface area contributed by atoms with Gasteiger partial charge in [-0.1, -0.05) is 38.5 Å². The van der Waals surface area contributed by atoms with Crippen molar-refractivity contribution in [3.63, 3.8) is 0 Å². The van der Waals surface area contributed by atoms with Gasteiger partial charge in [0.2, 0.25) is 5.91 Å². The highest BCUT2D eigenvalue weighted by molar-refractivity contribution is 8.00. The lowest BCUT2D eigenvalue weighted by Crippen LogP contribution is -2.38. The first-order valence-corrected chi connectivity index (χ1v) is 11.7. The van der Waals surface area contributed by atoms with Gasteiger partial charge in [0.05, 0.1) is 21.0 Å². The molecular weight excluding hydrogens is 376 g/mol. The molecule has 1 aliphatic rings. The monoisotopic (exact) mass is 402 g/mol. The number of carbonyl (C=O) groups excluding carboxylic acids is 1. The van der Waals surface area contributed by atoms with Crippen LogP contribution in [0.4, 0.5) is 0 Å². The Morgan fingerprint density at radius 1 is 1.19 bits per heavy atom. The maximum atomic E-state index is 13.1. The molecule has 0 saturated carbocycles. The van der Waals surface area contributed by atoms with Gasteiger partial charge in [0.15, 0.2) is 0 Å². The minimum absolute atomic E-state index is 0.0957. The highest BCUT2D eigenvalue weighted by Crippen LogP contribution is 2.34. The molecule has 1 atom stereocenters. The van der Waals surface area contributed by atoms with Gasteiger partial charge in [0, 0.05) is 19.5 Å². The number of aromatic nitrogens is 3. The van der Waals surface area contributed by atoms with Crippen molar-refractivity contribution >= 4 is 44.7 Å². The molecule has 3 aromatic heterocycles. The second-order valence-corrected chi connectivity index (χ2v) is 9.20. The summed E-state index contributed by atoms with van der Waals surface area (Å²) in [6.07, 6.45) is 6.35. The second kappa shape index (κ2) is 8.19. The molecule has 0 bridgehead atoms. The highest BCUT2D eigenvalue weighted by atomic mass is 32.2. The Balaban J connectivity index is 1.66. The maximum absolute atomic E-state index is 13.1. The summed E-state index contributed by atoms with van der Waals surface area (Å²) in [5.41, 5.74) is 2.27. The molecule has 1 aliphatic heterocycles. The largest absolute Gasteiger partial charge is 0.342 e. The molecule has 1 fully saturated rings. The molecule has 0 aliphatic carbocycles. The van der Waals surface area contributed by atoms with Crippen LogP contribution in [0.15, 0.2) is 22.5 Å². The summed E-state index contributed by atoms with van der Waals surface area (Å²) in [5, 5.41) is 11.9. The van der Waals surface area contributed by atoms with E-state index in [2.05, 4.69) is 50.9 Å². The molecule has 27 heavy (non-hydrogen) atoms. The van der Waals surface area contributed by atoms with E-state index < -0.39 is 0 Å². The first-order valence-electron chi connectivity index (χ1n) is 9.92. The van der Waals surface area contributed by atoms with Gasteiger partial charge in [0.25, 0.3) is 0 Å². The summed E-state index contributed by atoms with van der Waals surface area (Å²) in [6, 6.07) is 4.33. The van der Waals surface area contributed by atoms with Gasteiger partial charge in [-0.05, 0) is 36.8 Å². The number of carbonyl (C=O) groups is 1. The normalized spacial score (nSPS) is 16.7. The number of hydrogen-bond donors (Lipinski definition) is 0. The molecule has 3 aromatic rings. The number of thiophene rings is 1. The lowest BCUT2D eigenvalue weighted by molar-refractivity contribution is -0.130. The fourth-order valence-electron chi connectivity index (χ4n) is 3.81. The molecule has 0 N–H and O–H groups in total. The molecule has 7 heteroatoms. The van der Waals surface area contributed by atoms with Crippen LogP contribution in [-0.2, 0) is 11.2 Å². The van der Waals surface area contributed by atoms with Crippen LogP contribution in [0.3, 0.4) is 0 Å². The molecule has 4 rings (SSSR count). The summed E-state index contributed by atoms with van der Waals surface area (Å²) in [6.45, 7) is 5.99. The molecule has 0 spiro atoms. The standard InChI is InChI=1S/C20H26N4OS2/c1-3-16(20(25)23-10-7-5-6-8-11-23)27-19-15-13-17-14(9-12-26-17)24(15)18(4-2)21-22-19/h9,12-13,16H,3-8,10-11H2,1-2H3. The van der Waals surface area contributed by atoms with Gasteiger partial charge in [0.1, 0.15) is 10.9 Å². The van der Waals surface area contributed by atoms with Crippen LogP contribution in [0.5, 0.6) is 0 Å². The van der Waals surface area contributed by atoms with Gasteiger partial charge in [-0.3, -0.25) is 9.20 Å². The van der Waals surface area contributed by atoms with Crippen molar-refractivity contribution in [2.24, 2.45) is 0 Å². The van der Waals surface area contributed by atoms with E-state index in [9.17, 15) is 4.79 Å². The average Bonchev–Trinajstić information content (AvgIpc) is 3.17. The average molecular weight is 403 g/mol. The molecule has 0 radical (unpaired) electrons. The first-order chi connectivity index (χ1) is 13.2. The van der Waals surface area contributed by atoms with Crippen molar-refractivity contribution < 1.29 is 4.79 Å². The van der Waals surface area contributed by atoms with E-state index in [1.54, 1.807) is 23.1 Å². The number of nitrogens with zero attached hydrogens (tertiary/aromatic N) is 4. The van der Waals surface area contributed by atoms with E-state index in [1.165, 1.54) is 23.1 Å². The van der Waals surface area contributed by atoms with Crippen LogP contribution in [0.1, 0.15) is 51.8 Å². The van der Waals surface area contributed by atoms with Crippen LogP contribution in [0.25, 0.3) is 15.7 Å². The third kappa shape index (κ3) is 3.59.